The van der Waals surface area contributed by atoms with Gasteiger partial charge in [-0.3, -0.25) is 4.98 Å². The molecule has 4 nitrogen and oxygen atoms in total. The third-order valence-electron chi connectivity index (χ3n) is 12.4. The first-order valence-electron chi connectivity index (χ1n) is 22.1. The summed E-state index contributed by atoms with van der Waals surface area (Å²) in [5.41, 5.74) is 17.2. The predicted octanol–water partition coefficient (Wildman–Crippen LogP) is 15.9. The third kappa shape index (κ3) is 7.56. The average molecular weight is 830 g/mol. The molecular weight excluding hydrogens is 779 g/mol. The first-order chi connectivity index (χ1) is 30.9. The number of para-hydroxylation sites is 3. The van der Waals surface area contributed by atoms with Crippen molar-refractivity contribution in [2.45, 2.75) is 52.4 Å². The van der Waals surface area contributed by atoms with Crippen molar-refractivity contribution in [2.75, 3.05) is 0 Å². The molecule has 0 aliphatic carbocycles. The molecular formula is C60H51N3O. The molecule has 3 aromatic heterocycles. The van der Waals surface area contributed by atoms with Gasteiger partial charge in [-0.1, -0.05) is 175 Å². The lowest BCUT2D eigenvalue weighted by Crippen LogP contribution is -2.16. The zero-order chi connectivity index (χ0) is 44.2. The average Bonchev–Trinajstić information content (AvgIpc) is 3.66. The van der Waals surface area contributed by atoms with Gasteiger partial charge in [0.05, 0.1) is 28.1 Å². The molecule has 0 fully saturated rings. The number of nitrogens with zero attached hydrogens (tertiary/aromatic N) is 3. The Morgan fingerprint density at radius 2 is 0.984 bits per heavy atom. The number of hydrogen-bond acceptors (Lipinski definition) is 3. The van der Waals surface area contributed by atoms with Crippen molar-refractivity contribution < 1.29 is 5.11 Å². The van der Waals surface area contributed by atoms with Gasteiger partial charge in [0.1, 0.15) is 5.75 Å². The summed E-state index contributed by atoms with van der Waals surface area (Å²) in [5.74, 6) is 0.187. The summed E-state index contributed by atoms with van der Waals surface area (Å²) in [7, 11) is 0. The molecule has 0 spiro atoms. The molecule has 0 amide bonds. The van der Waals surface area contributed by atoms with Gasteiger partial charge in [-0.05, 0) is 104 Å². The number of aromatic hydroxyl groups is 1. The Morgan fingerprint density at radius 1 is 0.422 bits per heavy atom. The van der Waals surface area contributed by atoms with Crippen LogP contribution in [0.4, 0.5) is 0 Å². The molecule has 0 unspecified atom stereocenters. The van der Waals surface area contributed by atoms with Gasteiger partial charge < -0.3 is 9.67 Å². The number of fused-ring (bicyclic) bond motifs is 3. The fraction of sp³-hybridized carbons (Fsp3) is 0.133. The summed E-state index contributed by atoms with van der Waals surface area (Å²) in [6.07, 6.45) is 1.92. The molecule has 312 valence electrons. The van der Waals surface area contributed by atoms with Gasteiger partial charge in [0, 0.05) is 44.9 Å². The highest BCUT2D eigenvalue weighted by Gasteiger charge is 2.23. The molecule has 64 heavy (non-hydrogen) atoms. The third-order valence-corrected chi connectivity index (χ3v) is 12.4. The summed E-state index contributed by atoms with van der Waals surface area (Å²) in [6.45, 7) is 13.6. The molecule has 0 aliphatic rings. The van der Waals surface area contributed by atoms with E-state index in [1.807, 2.05) is 30.5 Å². The Hall–Kier alpha value is -7.56. The topological polar surface area (TPSA) is 50.9 Å². The Bertz CT molecular complexity index is 3320. The van der Waals surface area contributed by atoms with Crippen LogP contribution in [0, 0.1) is 0 Å². The second-order valence-corrected chi connectivity index (χ2v) is 18.9. The van der Waals surface area contributed by atoms with Crippen molar-refractivity contribution >= 4 is 21.8 Å². The highest BCUT2D eigenvalue weighted by molar-refractivity contribution is 6.13. The highest BCUT2D eigenvalue weighted by atomic mass is 16.3. The van der Waals surface area contributed by atoms with Crippen LogP contribution in [-0.4, -0.2) is 19.6 Å². The molecule has 1 N–H and O–H groups in total. The molecule has 0 bridgehead atoms. The van der Waals surface area contributed by atoms with Crippen LogP contribution < -0.4 is 0 Å². The van der Waals surface area contributed by atoms with Crippen molar-refractivity contribution in [3.8, 4) is 78.6 Å². The quantitative estimate of drug-likeness (QED) is 0.174. The Kier molecular flexibility index (Phi) is 10.1. The normalized spacial score (nSPS) is 12.0. The fourth-order valence-electron chi connectivity index (χ4n) is 8.99. The number of aromatic nitrogens is 3. The number of benzene rings is 7. The van der Waals surface area contributed by atoms with Crippen LogP contribution in [0.15, 0.2) is 194 Å². The number of phenols is 1. The zero-order valence-electron chi connectivity index (χ0n) is 37.3. The lowest BCUT2D eigenvalue weighted by atomic mass is 9.79. The largest absolute Gasteiger partial charge is 0.507 e. The maximum absolute atomic E-state index is 11.7. The van der Waals surface area contributed by atoms with Crippen molar-refractivity contribution in [1.29, 1.82) is 0 Å². The van der Waals surface area contributed by atoms with Gasteiger partial charge in [0.25, 0.3) is 0 Å². The van der Waals surface area contributed by atoms with Gasteiger partial charge in [0.2, 0.25) is 0 Å². The van der Waals surface area contributed by atoms with Crippen molar-refractivity contribution in [2.24, 2.45) is 0 Å². The molecule has 10 rings (SSSR count). The monoisotopic (exact) mass is 829 g/mol. The van der Waals surface area contributed by atoms with E-state index >= 15 is 0 Å². The van der Waals surface area contributed by atoms with Gasteiger partial charge in [-0.25, -0.2) is 4.98 Å². The van der Waals surface area contributed by atoms with Gasteiger partial charge in [-0.2, -0.15) is 0 Å². The van der Waals surface area contributed by atoms with E-state index in [0.29, 0.717) is 11.3 Å². The SMILES string of the molecule is CC(C)(C)c1cc(-c2cc(-c3cccc(-c4cc(-c5cccc6c7ccccc7n(-c7ccccc7)c56)ccn4)c3)nc(-c3c(O)cccc3-c3ccccc3)c2)cc(C(C)(C)C)c1. The maximum Gasteiger partial charge on any atom is 0.125 e. The van der Waals surface area contributed by atoms with E-state index in [2.05, 4.69) is 204 Å². The van der Waals surface area contributed by atoms with E-state index in [1.165, 1.54) is 32.9 Å². The standard InChI is InChI=1S/C60H51N3O/c1-59(2,3)45-33-43(34-46(38-45)60(4,5)6)44-36-53(62-54(37-44)57-48(25-17-29-56(57)64)39-18-9-7-10-19-39)42-21-15-20-41(32-42)52-35-40(30-31-61-52)49-26-16-27-51-50-24-13-14-28-55(50)63(58(49)51)47-22-11-8-12-23-47/h7-38,64H,1-6H3. The number of phenolic OH excluding ortho intramolecular Hbond substituents is 1. The molecule has 0 saturated carbocycles. The summed E-state index contributed by atoms with van der Waals surface area (Å²) in [5, 5.41) is 14.1. The Morgan fingerprint density at radius 3 is 1.72 bits per heavy atom. The second kappa shape index (κ2) is 16.0. The smallest absolute Gasteiger partial charge is 0.125 e. The number of hydrogen-bond donors (Lipinski definition) is 1. The number of pyridine rings is 2. The Balaban J connectivity index is 1.14. The molecule has 4 heteroatoms. The zero-order valence-corrected chi connectivity index (χ0v) is 37.3. The van der Waals surface area contributed by atoms with Crippen molar-refractivity contribution in [3.05, 3.63) is 205 Å². The van der Waals surface area contributed by atoms with Crippen LogP contribution in [0.2, 0.25) is 0 Å². The van der Waals surface area contributed by atoms with E-state index in [1.54, 1.807) is 6.07 Å². The van der Waals surface area contributed by atoms with E-state index in [0.717, 1.165) is 61.6 Å². The van der Waals surface area contributed by atoms with Crippen LogP contribution in [0.5, 0.6) is 5.75 Å². The fourth-order valence-corrected chi connectivity index (χ4v) is 8.99. The summed E-state index contributed by atoms with van der Waals surface area (Å²) in [4.78, 5) is 10.4. The van der Waals surface area contributed by atoms with E-state index in [9.17, 15) is 5.11 Å². The van der Waals surface area contributed by atoms with Crippen molar-refractivity contribution in [1.82, 2.24) is 14.5 Å². The Labute approximate surface area is 376 Å². The van der Waals surface area contributed by atoms with Crippen LogP contribution in [0.1, 0.15) is 52.7 Å². The molecule has 0 saturated heterocycles. The van der Waals surface area contributed by atoms with Gasteiger partial charge in [0.15, 0.2) is 0 Å². The predicted molar refractivity (Wildman–Crippen MR) is 268 cm³/mol. The minimum atomic E-state index is -0.0631. The molecule has 0 radical (unpaired) electrons. The van der Waals surface area contributed by atoms with Crippen LogP contribution in [0.25, 0.3) is 94.6 Å². The van der Waals surface area contributed by atoms with Crippen LogP contribution >= 0.6 is 0 Å². The van der Waals surface area contributed by atoms with Crippen molar-refractivity contribution in [3.63, 3.8) is 0 Å². The van der Waals surface area contributed by atoms with Crippen LogP contribution in [-0.2, 0) is 10.8 Å². The van der Waals surface area contributed by atoms with Crippen LogP contribution in [0.3, 0.4) is 0 Å². The summed E-state index contributed by atoms with van der Waals surface area (Å²) in [6, 6.07) is 66.0. The van der Waals surface area contributed by atoms with E-state index in [4.69, 9.17) is 9.97 Å². The first kappa shape index (κ1) is 40.5. The van der Waals surface area contributed by atoms with Gasteiger partial charge >= 0.3 is 0 Å². The maximum atomic E-state index is 11.7. The summed E-state index contributed by atoms with van der Waals surface area (Å²) >= 11 is 0. The summed E-state index contributed by atoms with van der Waals surface area (Å²) < 4.78 is 2.38. The molecule has 3 heterocycles. The molecule has 0 aliphatic heterocycles. The number of rotatable bonds is 7. The van der Waals surface area contributed by atoms with E-state index < -0.39 is 0 Å². The minimum Gasteiger partial charge on any atom is -0.507 e. The second-order valence-electron chi connectivity index (χ2n) is 18.9. The molecule has 7 aromatic carbocycles. The minimum absolute atomic E-state index is 0.0631. The highest BCUT2D eigenvalue weighted by Crippen LogP contribution is 2.43. The molecule has 0 atom stereocenters. The first-order valence-corrected chi connectivity index (χ1v) is 22.1. The van der Waals surface area contributed by atoms with E-state index in [-0.39, 0.29) is 16.6 Å². The molecule has 10 aromatic rings. The lowest BCUT2D eigenvalue weighted by Gasteiger charge is -2.26. The van der Waals surface area contributed by atoms with Gasteiger partial charge in [-0.15, -0.1) is 0 Å². The lowest BCUT2D eigenvalue weighted by molar-refractivity contribution is 0.477.